The number of carbonyl (C=O) groups is 1. The van der Waals surface area contributed by atoms with Gasteiger partial charge in [0, 0.05) is 49.8 Å². The zero-order valence-corrected chi connectivity index (χ0v) is 20.1. The Bertz CT molecular complexity index is 1330. The Morgan fingerprint density at radius 3 is 2.50 bits per heavy atom. The maximum absolute atomic E-state index is 13.2. The fraction of sp³-hybridized carbons (Fsp3) is 0.269. The predicted octanol–water partition coefficient (Wildman–Crippen LogP) is 4.59. The number of amides is 1. The molecule has 0 bridgehead atoms. The molecule has 3 heterocycles. The number of aryl methyl sites for hydroxylation is 2. The fourth-order valence-corrected chi connectivity index (χ4v) is 5.02. The zero-order valence-electron chi connectivity index (χ0n) is 19.2. The van der Waals surface area contributed by atoms with Gasteiger partial charge in [-0.05, 0) is 61.4 Å². The summed E-state index contributed by atoms with van der Waals surface area (Å²) in [5.41, 5.74) is 6.32. The Morgan fingerprint density at radius 2 is 1.76 bits per heavy atom. The Balaban J connectivity index is 1.23. The summed E-state index contributed by atoms with van der Waals surface area (Å²) >= 11 is 1.45. The van der Waals surface area contributed by atoms with Crippen molar-refractivity contribution in [2.24, 2.45) is 0 Å². The highest BCUT2D eigenvalue weighted by molar-refractivity contribution is 8.00. The Hall–Kier alpha value is -3.39. The third-order valence-corrected chi connectivity index (χ3v) is 7.29. The molecule has 1 fully saturated rings. The molecule has 1 aliphatic heterocycles. The lowest BCUT2D eigenvalue weighted by Crippen LogP contribution is -2.49. The van der Waals surface area contributed by atoms with E-state index in [1.54, 1.807) is 18.3 Å². The number of rotatable bonds is 5. The molecule has 2 aromatic carbocycles. The minimum Gasteiger partial charge on any atom is -0.368 e. The predicted molar refractivity (Wildman–Crippen MR) is 134 cm³/mol. The molecule has 0 aliphatic carbocycles. The van der Waals surface area contributed by atoms with Crippen LogP contribution < -0.4 is 4.90 Å². The van der Waals surface area contributed by atoms with Gasteiger partial charge in [-0.2, -0.15) is 5.10 Å². The number of aromatic nitrogens is 3. The van der Waals surface area contributed by atoms with E-state index in [1.807, 2.05) is 21.7 Å². The van der Waals surface area contributed by atoms with Crippen molar-refractivity contribution in [2.45, 2.75) is 18.9 Å². The fourth-order valence-electron chi connectivity index (χ4n) is 4.14. The van der Waals surface area contributed by atoms with E-state index in [1.165, 1.54) is 35.0 Å². The number of anilines is 1. The number of halogens is 1. The van der Waals surface area contributed by atoms with E-state index in [0.29, 0.717) is 18.8 Å². The monoisotopic (exact) mass is 475 g/mol. The highest BCUT2D eigenvalue weighted by atomic mass is 32.2. The van der Waals surface area contributed by atoms with Crippen molar-refractivity contribution in [1.29, 1.82) is 0 Å². The van der Waals surface area contributed by atoms with Crippen LogP contribution in [-0.4, -0.2) is 57.3 Å². The topological polar surface area (TPSA) is 53.7 Å². The average molecular weight is 476 g/mol. The SMILES string of the molecule is Cc1ccc(-c2cc3c(SCC(=O)N4CCN(c5ccc(F)cc5)CC4)nccn3n2)cc1C. The summed E-state index contributed by atoms with van der Waals surface area (Å²) in [5, 5.41) is 5.51. The number of hydrogen-bond donors (Lipinski definition) is 0. The molecular weight excluding hydrogens is 449 g/mol. The summed E-state index contributed by atoms with van der Waals surface area (Å²) in [6.07, 6.45) is 3.55. The van der Waals surface area contributed by atoms with Crippen LogP contribution in [0.4, 0.5) is 10.1 Å². The van der Waals surface area contributed by atoms with E-state index >= 15 is 0 Å². The Labute approximate surface area is 202 Å². The van der Waals surface area contributed by atoms with Crippen LogP contribution in [0, 0.1) is 19.7 Å². The van der Waals surface area contributed by atoms with Gasteiger partial charge < -0.3 is 9.80 Å². The van der Waals surface area contributed by atoms with Gasteiger partial charge in [0.15, 0.2) is 0 Å². The van der Waals surface area contributed by atoms with Crippen LogP contribution in [-0.2, 0) is 4.79 Å². The molecule has 0 spiro atoms. The molecule has 0 atom stereocenters. The standard InChI is InChI=1S/C26H26FN5OS/c1-18-3-4-20(15-19(18)2)23-16-24-26(28-9-10-32(24)29-23)34-17-25(33)31-13-11-30(12-14-31)22-7-5-21(27)6-8-22/h3-10,15-16H,11-14,17H2,1-2H3. The summed E-state index contributed by atoms with van der Waals surface area (Å²) in [4.78, 5) is 21.5. The van der Waals surface area contributed by atoms with Crippen LogP contribution in [0.25, 0.3) is 16.8 Å². The van der Waals surface area contributed by atoms with Crippen molar-refractivity contribution < 1.29 is 9.18 Å². The number of thioether (sulfide) groups is 1. The van der Waals surface area contributed by atoms with Crippen molar-refractivity contribution >= 4 is 28.9 Å². The number of nitrogens with zero attached hydrogens (tertiary/aromatic N) is 5. The van der Waals surface area contributed by atoms with Crippen LogP contribution in [0.3, 0.4) is 0 Å². The molecule has 0 N–H and O–H groups in total. The highest BCUT2D eigenvalue weighted by Gasteiger charge is 2.22. The van der Waals surface area contributed by atoms with Crippen molar-refractivity contribution in [1.82, 2.24) is 19.5 Å². The van der Waals surface area contributed by atoms with Gasteiger partial charge in [0.05, 0.1) is 17.0 Å². The molecule has 1 amide bonds. The average Bonchev–Trinajstić information content (AvgIpc) is 3.30. The van der Waals surface area contributed by atoms with Crippen molar-refractivity contribution in [2.75, 3.05) is 36.8 Å². The number of carbonyl (C=O) groups excluding carboxylic acids is 1. The first kappa shape index (κ1) is 22.4. The first-order chi connectivity index (χ1) is 16.5. The lowest BCUT2D eigenvalue weighted by Gasteiger charge is -2.36. The molecule has 0 saturated carbocycles. The van der Waals surface area contributed by atoms with Gasteiger partial charge in [-0.3, -0.25) is 4.79 Å². The van der Waals surface area contributed by atoms with Gasteiger partial charge in [-0.15, -0.1) is 0 Å². The molecule has 4 aromatic rings. The van der Waals surface area contributed by atoms with E-state index < -0.39 is 0 Å². The van der Waals surface area contributed by atoms with Gasteiger partial charge in [0.25, 0.3) is 0 Å². The van der Waals surface area contributed by atoms with Gasteiger partial charge in [-0.25, -0.2) is 13.9 Å². The molecular formula is C26H26FN5OS. The highest BCUT2D eigenvalue weighted by Crippen LogP contribution is 2.27. The number of hydrogen-bond acceptors (Lipinski definition) is 5. The second-order valence-corrected chi connectivity index (χ2v) is 9.49. The maximum Gasteiger partial charge on any atom is 0.233 e. The van der Waals surface area contributed by atoms with Crippen LogP contribution in [0.1, 0.15) is 11.1 Å². The quantitative estimate of drug-likeness (QED) is 0.395. The first-order valence-electron chi connectivity index (χ1n) is 11.3. The maximum atomic E-state index is 13.2. The van der Waals surface area contributed by atoms with Gasteiger partial charge in [0.1, 0.15) is 10.8 Å². The van der Waals surface area contributed by atoms with E-state index in [0.717, 1.165) is 40.6 Å². The molecule has 8 heteroatoms. The molecule has 0 radical (unpaired) electrons. The van der Waals surface area contributed by atoms with E-state index in [4.69, 9.17) is 5.10 Å². The smallest absolute Gasteiger partial charge is 0.233 e. The molecule has 1 saturated heterocycles. The second-order valence-electron chi connectivity index (χ2n) is 8.52. The first-order valence-corrected chi connectivity index (χ1v) is 12.3. The molecule has 1 aliphatic rings. The summed E-state index contributed by atoms with van der Waals surface area (Å²) in [6, 6.07) is 14.9. The second kappa shape index (κ2) is 9.46. The zero-order chi connectivity index (χ0) is 23.7. The largest absolute Gasteiger partial charge is 0.368 e. The lowest BCUT2D eigenvalue weighted by molar-refractivity contribution is -0.128. The summed E-state index contributed by atoms with van der Waals surface area (Å²) in [7, 11) is 0. The summed E-state index contributed by atoms with van der Waals surface area (Å²) in [5.74, 6) is 0.187. The van der Waals surface area contributed by atoms with E-state index in [9.17, 15) is 9.18 Å². The van der Waals surface area contributed by atoms with Crippen LogP contribution in [0.15, 0.2) is 66.0 Å². The molecule has 6 nitrogen and oxygen atoms in total. The molecule has 34 heavy (non-hydrogen) atoms. The van der Waals surface area contributed by atoms with Crippen LogP contribution >= 0.6 is 11.8 Å². The summed E-state index contributed by atoms with van der Waals surface area (Å²) < 4.78 is 15.0. The van der Waals surface area contributed by atoms with Crippen molar-refractivity contribution in [3.05, 3.63) is 77.9 Å². The minimum atomic E-state index is -0.238. The molecule has 2 aromatic heterocycles. The Kier molecular flexibility index (Phi) is 6.24. The number of piperazine rings is 1. The van der Waals surface area contributed by atoms with Crippen LogP contribution in [0.2, 0.25) is 0 Å². The van der Waals surface area contributed by atoms with Gasteiger partial charge in [-0.1, -0.05) is 23.9 Å². The van der Waals surface area contributed by atoms with Crippen molar-refractivity contribution in [3.63, 3.8) is 0 Å². The van der Waals surface area contributed by atoms with Crippen molar-refractivity contribution in [3.8, 4) is 11.3 Å². The lowest BCUT2D eigenvalue weighted by atomic mass is 10.0. The minimum absolute atomic E-state index is 0.0986. The van der Waals surface area contributed by atoms with Gasteiger partial charge in [0.2, 0.25) is 5.91 Å². The number of fused-ring (bicyclic) bond motifs is 1. The Morgan fingerprint density at radius 1 is 1.00 bits per heavy atom. The molecule has 174 valence electrons. The third-order valence-electron chi connectivity index (χ3n) is 6.31. The van der Waals surface area contributed by atoms with Crippen LogP contribution in [0.5, 0.6) is 0 Å². The van der Waals surface area contributed by atoms with E-state index in [2.05, 4.69) is 41.9 Å². The summed E-state index contributed by atoms with van der Waals surface area (Å²) in [6.45, 7) is 6.97. The third kappa shape index (κ3) is 4.63. The number of benzene rings is 2. The molecule has 5 rings (SSSR count). The molecule has 0 unspecified atom stereocenters. The van der Waals surface area contributed by atoms with Gasteiger partial charge >= 0.3 is 0 Å². The van der Waals surface area contributed by atoms with E-state index in [-0.39, 0.29) is 11.7 Å². The normalized spacial score (nSPS) is 14.1.